The van der Waals surface area contributed by atoms with Crippen molar-refractivity contribution < 1.29 is 54.6 Å². The normalized spacial score (nSPS) is 15.6. The molecule has 0 bridgehead atoms. The maximum Gasteiger partial charge on any atom is 0.414 e. The van der Waals surface area contributed by atoms with Crippen LogP contribution < -0.4 is 9.47 Å². The summed E-state index contributed by atoms with van der Waals surface area (Å²) in [6, 6.07) is 40.0. The van der Waals surface area contributed by atoms with Crippen LogP contribution in [0.1, 0.15) is 126 Å². The predicted octanol–water partition coefficient (Wildman–Crippen LogP) is 9.67. The van der Waals surface area contributed by atoms with Crippen LogP contribution in [-0.2, 0) is 32.0 Å². The number of carbonyl (C=O) groups is 4. The van der Waals surface area contributed by atoms with Crippen molar-refractivity contribution in [2.45, 2.75) is 129 Å². The maximum atomic E-state index is 9.10. The van der Waals surface area contributed by atoms with E-state index in [4.69, 9.17) is 49.1 Å². The first-order valence-electron chi connectivity index (χ1n) is 23.9. The lowest BCUT2D eigenvalue weighted by Crippen LogP contribution is -2.40. The first-order chi connectivity index (χ1) is 32.0. The van der Waals surface area contributed by atoms with Crippen LogP contribution in [0.3, 0.4) is 0 Å². The van der Waals surface area contributed by atoms with Gasteiger partial charge in [0.1, 0.15) is 11.5 Å². The highest BCUT2D eigenvalue weighted by Crippen LogP contribution is 2.23. The zero-order valence-corrected chi connectivity index (χ0v) is 39.7. The molecule has 67 heavy (non-hydrogen) atoms. The Bertz CT molecular complexity index is 1760. The molecule has 4 aromatic rings. The molecule has 6 N–H and O–H groups in total. The van der Waals surface area contributed by atoms with Crippen LogP contribution >= 0.6 is 0 Å². The van der Waals surface area contributed by atoms with Crippen molar-refractivity contribution in [1.29, 1.82) is 0 Å². The van der Waals surface area contributed by atoms with Crippen LogP contribution in [0.25, 0.3) is 0 Å². The number of carboxylic acid groups (broad SMARTS) is 4. The first-order valence-corrected chi connectivity index (χ1v) is 23.9. The van der Waals surface area contributed by atoms with Gasteiger partial charge >= 0.3 is 23.9 Å². The van der Waals surface area contributed by atoms with Crippen LogP contribution in [0.5, 0.6) is 11.5 Å². The molecule has 2 saturated heterocycles. The molecule has 0 radical (unpaired) electrons. The second kappa shape index (κ2) is 34.5. The summed E-state index contributed by atoms with van der Waals surface area (Å²) in [6.45, 7) is 11.3. The Hall–Kier alpha value is -5.76. The van der Waals surface area contributed by atoms with Gasteiger partial charge < -0.3 is 45.2 Å². The molecule has 2 fully saturated rings. The summed E-state index contributed by atoms with van der Waals surface area (Å²) in [6.07, 6.45) is 20.4. The highest BCUT2D eigenvalue weighted by Gasteiger charge is 2.23. The molecule has 2 aliphatic heterocycles. The van der Waals surface area contributed by atoms with E-state index in [1.807, 2.05) is 0 Å². The minimum Gasteiger partial charge on any atom is -0.494 e. The Kier molecular flexibility index (Phi) is 29.6. The van der Waals surface area contributed by atoms with Gasteiger partial charge in [-0.25, -0.2) is 19.2 Å². The Morgan fingerprint density at radius 3 is 1.12 bits per heavy atom. The van der Waals surface area contributed by atoms with Crippen molar-refractivity contribution in [2.75, 3.05) is 39.4 Å². The van der Waals surface area contributed by atoms with Crippen LogP contribution in [-0.4, -0.2) is 111 Å². The fraction of sp³-hybridized carbons (Fsp3) is 0.481. The molecule has 2 heterocycles. The first kappa shape index (κ1) is 57.4. The van der Waals surface area contributed by atoms with Crippen LogP contribution in [0.4, 0.5) is 0 Å². The molecule has 2 aliphatic rings. The number of nitrogens with zero attached hydrogens (tertiary/aromatic N) is 2. The summed E-state index contributed by atoms with van der Waals surface area (Å²) >= 11 is 0. The van der Waals surface area contributed by atoms with Crippen molar-refractivity contribution in [3.05, 3.63) is 131 Å². The van der Waals surface area contributed by atoms with E-state index in [0.29, 0.717) is 12.1 Å². The topological polar surface area (TPSA) is 206 Å². The minimum absolute atomic E-state index is 0. The molecule has 0 aliphatic carbocycles. The Morgan fingerprint density at radius 2 is 0.806 bits per heavy atom. The Balaban J connectivity index is 0.000000366. The van der Waals surface area contributed by atoms with E-state index in [1.165, 1.54) is 125 Å². The molecule has 2 atom stereocenters. The van der Waals surface area contributed by atoms with Crippen molar-refractivity contribution in [3.8, 4) is 11.5 Å². The van der Waals surface area contributed by atoms with E-state index in [0.717, 1.165) is 50.4 Å². The lowest BCUT2D eigenvalue weighted by molar-refractivity contribution is -0.159. The highest BCUT2D eigenvalue weighted by molar-refractivity contribution is 6.27. The van der Waals surface area contributed by atoms with E-state index in [9.17, 15) is 0 Å². The molecule has 368 valence electrons. The van der Waals surface area contributed by atoms with E-state index in [1.54, 1.807) is 0 Å². The van der Waals surface area contributed by atoms with Crippen molar-refractivity contribution in [1.82, 2.24) is 9.80 Å². The standard InChI is InChI=1S/2C25H35NO.2C2H2O4.H2O/c2*1-2-3-8-18-26-19-9-7-12-24(26)17-20-27-25-15-13-23(14-16-25)21-22-10-5-4-6-11-22;2*3-1(4)2(5)6;/h2*4-6,10-11,13-16,24H,2-3,7-9,12,17-21H2,1H3;2*(H,3,4)(H,5,6);1H2. The van der Waals surface area contributed by atoms with E-state index in [2.05, 4.69) is 133 Å². The second-order valence-electron chi connectivity index (χ2n) is 16.9. The number of piperidine rings is 2. The van der Waals surface area contributed by atoms with Crippen molar-refractivity contribution >= 4 is 23.9 Å². The molecule has 13 heteroatoms. The van der Waals surface area contributed by atoms with Gasteiger partial charge in [-0.1, -0.05) is 137 Å². The molecule has 4 aromatic carbocycles. The average Bonchev–Trinajstić information content (AvgIpc) is 3.32. The average molecular weight is 929 g/mol. The van der Waals surface area contributed by atoms with Gasteiger partial charge in [-0.15, -0.1) is 0 Å². The molecule has 6 rings (SSSR count). The van der Waals surface area contributed by atoms with Gasteiger partial charge in [0.25, 0.3) is 0 Å². The molecular formula is C54H76N2O11. The molecule has 2 unspecified atom stereocenters. The summed E-state index contributed by atoms with van der Waals surface area (Å²) in [4.78, 5) is 41.8. The van der Waals surface area contributed by atoms with Crippen LogP contribution in [0.2, 0.25) is 0 Å². The van der Waals surface area contributed by atoms with Crippen LogP contribution in [0.15, 0.2) is 109 Å². The monoisotopic (exact) mass is 929 g/mol. The number of ether oxygens (including phenoxy) is 2. The molecule has 0 amide bonds. The molecule has 13 nitrogen and oxygen atoms in total. The van der Waals surface area contributed by atoms with Gasteiger partial charge in [0.2, 0.25) is 0 Å². The highest BCUT2D eigenvalue weighted by atomic mass is 16.5. The molecule has 0 aromatic heterocycles. The van der Waals surface area contributed by atoms with Gasteiger partial charge in [0, 0.05) is 12.1 Å². The van der Waals surface area contributed by atoms with Gasteiger partial charge in [-0.2, -0.15) is 0 Å². The third kappa shape index (κ3) is 25.1. The van der Waals surface area contributed by atoms with Gasteiger partial charge in [0.05, 0.1) is 13.2 Å². The number of carboxylic acids is 4. The Morgan fingerprint density at radius 1 is 0.478 bits per heavy atom. The number of likely N-dealkylation sites (tertiary alicyclic amines) is 2. The lowest BCUT2D eigenvalue weighted by atomic mass is 9.99. The number of hydrogen-bond donors (Lipinski definition) is 4. The van der Waals surface area contributed by atoms with Crippen LogP contribution in [0, 0.1) is 0 Å². The number of hydrogen-bond acceptors (Lipinski definition) is 8. The van der Waals surface area contributed by atoms with E-state index >= 15 is 0 Å². The third-order valence-electron chi connectivity index (χ3n) is 11.8. The quantitative estimate of drug-likeness (QED) is 0.0483. The predicted molar refractivity (Wildman–Crippen MR) is 263 cm³/mol. The van der Waals surface area contributed by atoms with Gasteiger partial charge in [0.15, 0.2) is 0 Å². The molecular weight excluding hydrogens is 853 g/mol. The Labute approximate surface area is 398 Å². The number of unbranched alkanes of at least 4 members (excludes halogenated alkanes) is 4. The summed E-state index contributed by atoms with van der Waals surface area (Å²) in [5, 5.41) is 29.6. The second-order valence-corrected chi connectivity index (χ2v) is 16.9. The smallest absolute Gasteiger partial charge is 0.414 e. The largest absolute Gasteiger partial charge is 0.494 e. The molecule has 0 saturated carbocycles. The zero-order chi connectivity index (χ0) is 47.8. The summed E-state index contributed by atoms with van der Waals surface area (Å²) in [7, 11) is 0. The third-order valence-corrected chi connectivity index (χ3v) is 11.8. The minimum atomic E-state index is -1.82. The van der Waals surface area contributed by atoms with E-state index in [-0.39, 0.29) is 5.48 Å². The fourth-order valence-corrected chi connectivity index (χ4v) is 8.19. The fourth-order valence-electron chi connectivity index (χ4n) is 8.19. The van der Waals surface area contributed by atoms with Gasteiger partial charge in [-0.3, -0.25) is 0 Å². The maximum absolute atomic E-state index is 9.10. The lowest BCUT2D eigenvalue weighted by Gasteiger charge is -2.35. The summed E-state index contributed by atoms with van der Waals surface area (Å²) in [5.41, 5.74) is 5.38. The van der Waals surface area contributed by atoms with Crippen molar-refractivity contribution in [2.24, 2.45) is 0 Å². The summed E-state index contributed by atoms with van der Waals surface area (Å²) in [5.74, 6) is -5.30. The molecule has 0 spiro atoms. The zero-order valence-electron chi connectivity index (χ0n) is 39.7. The van der Waals surface area contributed by atoms with E-state index < -0.39 is 23.9 Å². The number of rotatable bonds is 20. The van der Waals surface area contributed by atoms with Crippen molar-refractivity contribution in [3.63, 3.8) is 0 Å². The summed E-state index contributed by atoms with van der Waals surface area (Å²) < 4.78 is 12.1. The van der Waals surface area contributed by atoms with Gasteiger partial charge in [-0.05, 0) is 137 Å². The SMILES string of the molecule is CCCCCN1CCCCC1CCOc1ccc(Cc2ccccc2)cc1.CCCCCN1CCCCC1CCOc1ccc(Cc2ccccc2)cc1.O.O=C(O)C(=O)O.O=C(O)C(=O)O. The number of benzene rings is 4. The number of aliphatic carboxylic acids is 4.